The molecule has 0 aromatic heterocycles. The van der Waals surface area contributed by atoms with E-state index >= 15 is 0 Å². The van der Waals surface area contributed by atoms with Crippen molar-refractivity contribution in [1.29, 1.82) is 0 Å². The summed E-state index contributed by atoms with van der Waals surface area (Å²) in [5.74, 6) is 0. The van der Waals surface area contributed by atoms with Crippen LogP contribution in [0.5, 0.6) is 0 Å². The highest BCUT2D eigenvalue weighted by molar-refractivity contribution is 8.00. The van der Waals surface area contributed by atoms with Crippen LogP contribution in [0, 0.1) is 0 Å². The van der Waals surface area contributed by atoms with Gasteiger partial charge in [-0.25, -0.2) is 0 Å². The third-order valence-electron chi connectivity index (χ3n) is 5.56. The lowest BCUT2D eigenvalue weighted by Crippen LogP contribution is -2.35. The predicted octanol–water partition coefficient (Wildman–Crippen LogP) is 9.37. The van der Waals surface area contributed by atoms with Gasteiger partial charge in [-0.05, 0) is 25.0 Å². The van der Waals surface area contributed by atoms with Crippen molar-refractivity contribution in [1.82, 2.24) is 0 Å². The van der Waals surface area contributed by atoms with Gasteiger partial charge in [-0.15, -0.1) is 11.8 Å². The molecular weight excluding hydrogens is 382 g/mol. The summed E-state index contributed by atoms with van der Waals surface area (Å²) in [5, 5.41) is 0.835. The molecule has 0 spiro atoms. The standard InChI is InChI=1S/C25H44ClNS/c1-3-5-7-9-11-13-17-21-25(27,22-18-14-12-10-8-6-4-2)28-24-20-16-15-19-23(24)26/h15-16,19-20H,3-14,17-18,21-22,27H2,1-2H3. The van der Waals surface area contributed by atoms with E-state index < -0.39 is 0 Å². The third kappa shape index (κ3) is 12.4. The van der Waals surface area contributed by atoms with Gasteiger partial charge in [0.2, 0.25) is 0 Å². The van der Waals surface area contributed by atoms with Gasteiger partial charge in [0.25, 0.3) is 0 Å². The van der Waals surface area contributed by atoms with E-state index in [4.69, 9.17) is 17.3 Å². The molecule has 1 rings (SSSR count). The first-order valence-corrected chi connectivity index (χ1v) is 13.0. The van der Waals surface area contributed by atoms with Crippen LogP contribution in [0.3, 0.4) is 0 Å². The van der Waals surface area contributed by atoms with E-state index in [0.29, 0.717) is 0 Å². The molecule has 0 aliphatic heterocycles. The Morgan fingerprint density at radius 1 is 0.714 bits per heavy atom. The molecule has 0 saturated carbocycles. The molecule has 0 aliphatic rings. The molecule has 0 amide bonds. The van der Waals surface area contributed by atoms with Crippen molar-refractivity contribution in [3.63, 3.8) is 0 Å². The average Bonchev–Trinajstić information content (AvgIpc) is 2.68. The Morgan fingerprint density at radius 2 is 1.14 bits per heavy atom. The highest BCUT2D eigenvalue weighted by Gasteiger charge is 2.26. The van der Waals surface area contributed by atoms with Gasteiger partial charge in [-0.2, -0.15) is 0 Å². The summed E-state index contributed by atoms with van der Waals surface area (Å²) < 4.78 is 0. The fourth-order valence-corrected chi connectivity index (χ4v) is 5.23. The summed E-state index contributed by atoms with van der Waals surface area (Å²) >= 11 is 8.23. The van der Waals surface area contributed by atoms with Crippen LogP contribution in [0.1, 0.15) is 117 Å². The van der Waals surface area contributed by atoms with Crippen LogP contribution in [0.15, 0.2) is 29.2 Å². The van der Waals surface area contributed by atoms with E-state index in [1.807, 2.05) is 23.9 Å². The van der Waals surface area contributed by atoms with Crippen LogP contribution in [-0.4, -0.2) is 4.87 Å². The number of nitrogens with two attached hydrogens (primary N) is 1. The smallest absolute Gasteiger partial charge is 0.0667 e. The maximum absolute atomic E-state index is 6.93. The molecule has 0 heterocycles. The lowest BCUT2D eigenvalue weighted by atomic mass is 10.00. The molecule has 28 heavy (non-hydrogen) atoms. The Hall–Kier alpha value is -0.180. The highest BCUT2D eigenvalue weighted by Crippen LogP contribution is 2.40. The van der Waals surface area contributed by atoms with E-state index in [0.717, 1.165) is 22.8 Å². The summed E-state index contributed by atoms with van der Waals surface area (Å²) in [6.45, 7) is 4.55. The molecule has 0 saturated heterocycles. The zero-order valence-corrected chi connectivity index (χ0v) is 20.1. The lowest BCUT2D eigenvalue weighted by Gasteiger charge is -2.29. The maximum Gasteiger partial charge on any atom is 0.0667 e. The molecule has 1 aromatic carbocycles. The Bertz CT molecular complexity index is 473. The van der Waals surface area contributed by atoms with Crippen LogP contribution < -0.4 is 5.73 Å². The molecule has 0 bridgehead atoms. The Labute approximate surface area is 184 Å². The molecule has 0 aliphatic carbocycles. The van der Waals surface area contributed by atoms with Gasteiger partial charge in [-0.3, -0.25) is 0 Å². The summed E-state index contributed by atoms with van der Waals surface area (Å²) in [7, 11) is 0. The van der Waals surface area contributed by atoms with Gasteiger partial charge in [-0.1, -0.05) is 127 Å². The summed E-state index contributed by atoms with van der Waals surface area (Å²) in [6, 6.07) is 8.16. The van der Waals surface area contributed by atoms with Crippen LogP contribution in [0.4, 0.5) is 0 Å². The molecule has 162 valence electrons. The number of rotatable bonds is 18. The molecule has 0 radical (unpaired) electrons. The molecule has 0 atom stereocenters. The van der Waals surface area contributed by atoms with Crippen molar-refractivity contribution < 1.29 is 0 Å². The number of hydrogen-bond donors (Lipinski definition) is 1. The summed E-state index contributed by atoms with van der Waals surface area (Å²) in [6.07, 6.45) is 20.9. The van der Waals surface area contributed by atoms with Gasteiger partial charge in [0.1, 0.15) is 0 Å². The topological polar surface area (TPSA) is 26.0 Å². The number of hydrogen-bond acceptors (Lipinski definition) is 2. The molecular formula is C25H44ClNS. The number of halogens is 1. The van der Waals surface area contributed by atoms with E-state index in [-0.39, 0.29) is 4.87 Å². The molecule has 1 nitrogen and oxygen atoms in total. The van der Waals surface area contributed by atoms with Crippen molar-refractivity contribution in [2.75, 3.05) is 0 Å². The monoisotopic (exact) mass is 425 g/mol. The Kier molecular flexibility index (Phi) is 15.3. The Balaban J connectivity index is 2.43. The predicted molar refractivity (Wildman–Crippen MR) is 129 cm³/mol. The van der Waals surface area contributed by atoms with Gasteiger partial charge < -0.3 is 5.73 Å². The zero-order valence-electron chi connectivity index (χ0n) is 18.5. The second kappa shape index (κ2) is 16.6. The second-order valence-electron chi connectivity index (χ2n) is 8.34. The summed E-state index contributed by atoms with van der Waals surface area (Å²) in [5.41, 5.74) is 6.93. The van der Waals surface area contributed by atoms with Gasteiger partial charge >= 0.3 is 0 Å². The van der Waals surface area contributed by atoms with E-state index in [1.165, 1.54) is 89.9 Å². The minimum atomic E-state index is -0.183. The number of benzene rings is 1. The molecule has 1 aromatic rings. The SMILES string of the molecule is CCCCCCCCCC(N)(CCCCCCCCC)Sc1ccccc1Cl. The molecule has 3 heteroatoms. The highest BCUT2D eigenvalue weighted by atomic mass is 35.5. The third-order valence-corrected chi connectivity index (χ3v) is 7.39. The van der Waals surface area contributed by atoms with Crippen molar-refractivity contribution >= 4 is 23.4 Å². The van der Waals surface area contributed by atoms with Crippen molar-refractivity contribution in [3.05, 3.63) is 29.3 Å². The van der Waals surface area contributed by atoms with Crippen molar-refractivity contribution in [2.24, 2.45) is 5.73 Å². The quantitative estimate of drug-likeness (QED) is 0.144. The fraction of sp³-hybridized carbons (Fsp3) is 0.760. The van der Waals surface area contributed by atoms with Gasteiger partial charge in [0.05, 0.1) is 9.89 Å². The van der Waals surface area contributed by atoms with E-state index in [2.05, 4.69) is 26.0 Å². The maximum atomic E-state index is 6.93. The largest absolute Gasteiger partial charge is 0.317 e. The van der Waals surface area contributed by atoms with Crippen LogP contribution >= 0.6 is 23.4 Å². The van der Waals surface area contributed by atoms with Crippen molar-refractivity contribution in [2.45, 2.75) is 126 Å². The lowest BCUT2D eigenvalue weighted by molar-refractivity contribution is 0.450. The number of thioether (sulfide) groups is 1. The first-order chi connectivity index (χ1) is 13.6. The minimum Gasteiger partial charge on any atom is -0.317 e. The molecule has 2 N–H and O–H groups in total. The minimum absolute atomic E-state index is 0.183. The van der Waals surface area contributed by atoms with Crippen molar-refractivity contribution in [3.8, 4) is 0 Å². The Morgan fingerprint density at radius 3 is 1.61 bits per heavy atom. The molecule has 0 fully saturated rings. The fourth-order valence-electron chi connectivity index (χ4n) is 3.74. The van der Waals surface area contributed by atoms with Crippen LogP contribution in [-0.2, 0) is 0 Å². The van der Waals surface area contributed by atoms with Crippen LogP contribution in [0.2, 0.25) is 5.02 Å². The zero-order chi connectivity index (χ0) is 20.5. The number of unbranched alkanes of at least 4 members (excludes halogenated alkanes) is 12. The van der Waals surface area contributed by atoms with E-state index in [9.17, 15) is 0 Å². The second-order valence-corrected chi connectivity index (χ2v) is 10.2. The van der Waals surface area contributed by atoms with Crippen LogP contribution in [0.25, 0.3) is 0 Å². The average molecular weight is 426 g/mol. The van der Waals surface area contributed by atoms with E-state index in [1.54, 1.807) is 0 Å². The summed E-state index contributed by atoms with van der Waals surface area (Å²) in [4.78, 5) is 0.954. The van der Waals surface area contributed by atoms with Gasteiger partial charge in [0.15, 0.2) is 0 Å². The van der Waals surface area contributed by atoms with Gasteiger partial charge in [0, 0.05) is 4.90 Å². The first kappa shape index (κ1) is 25.9. The molecule has 0 unspecified atom stereocenters. The normalized spacial score (nSPS) is 11.9. The first-order valence-electron chi connectivity index (χ1n) is 11.8.